The summed E-state index contributed by atoms with van der Waals surface area (Å²) < 4.78 is 6.11. The number of hydrogen-bond donors (Lipinski definition) is 2. The number of rotatable bonds is 1. The highest BCUT2D eigenvalue weighted by Crippen LogP contribution is 2.72. The van der Waals surface area contributed by atoms with E-state index in [1.54, 1.807) is 5.57 Å². The van der Waals surface area contributed by atoms with Gasteiger partial charge < -0.3 is 14.9 Å². The Balaban J connectivity index is 1.47. The molecule has 2 N–H and O–H groups in total. The third-order valence-corrected chi connectivity index (χ3v) is 9.24. The summed E-state index contributed by atoms with van der Waals surface area (Å²) in [5, 5.41) is 19.7. The third kappa shape index (κ3) is 1.74. The molecule has 1 spiro atoms. The molecule has 5 rings (SSSR count). The zero-order valence-electron chi connectivity index (χ0n) is 15.1. The van der Waals surface area contributed by atoms with Crippen LogP contribution in [0, 0.1) is 28.6 Å². The first kappa shape index (κ1) is 15.8. The van der Waals surface area contributed by atoms with Crippen molar-refractivity contribution in [1.82, 2.24) is 0 Å². The Morgan fingerprint density at radius 3 is 2.67 bits per heavy atom. The lowest BCUT2D eigenvalue weighted by Gasteiger charge is -2.57. The van der Waals surface area contributed by atoms with Crippen LogP contribution in [0.3, 0.4) is 0 Å². The van der Waals surface area contributed by atoms with Gasteiger partial charge in [0.05, 0.1) is 12.7 Å². The summed E-state index contributed by atoms with van der Waals surface area (Å²) in [6, 6.07) is 0. The molecule has 3 nitrogen and oxygen atoms in total. The molecule has 1 heterocycles. The summed E-state index contributed by atoms with van der Waals surface area (Å²) in [5.41, 5.74) is 2.12. The fraction of sp³-hybridized carbons (Fsp3) is 0.905. The van der Waals surface area contributed by atoms with E-state index in [0.717, 1.165) is 43.4 Å². The maximum absolute atomic E-state index is 10.1. The minimum absolute atomic E-state index is 0.00889. The van der Waals surface area contributed by atoms with E-state index in [-0.39, 0.29) is 29.8 Å². The number of aliphatic hydroxyl groups is 2. The molecule has 0 amide bonds. The zero-order valence-corrected chi connectivity index (χ0v) is 15.1. The Hall–Kier alpha value is -0.380. The van der Waals surface area contributed by atoms with Gasteiger partial charge in [-0.3, -0.25) is 0 Å². The van der Waals surface area contributed by atoms with E-state index < -0.39 is 0 Å². The molecule has 24 heavy (non-hydrogen) atoms. The predicted octanol–water partition coefficient (Wildman–Crippen LogP) is 3.44. The Morgan fingerprint density at radius 1 is 1.12 bits per heavy atom. The molecule has 3 heteroatoms. The molecule has 3 saturated carbocycles. The summed E-state index contributed by atoms with van der Waals surface area (Å²) in [6.07, 6.45) is 11.7. The number of allylic oxidation sites excluding steroid dienone is 1. The molecule has 1 aliphatic heterocycles. The van der Waals surface area contributed by atoms with Crippen molar-refractivity contribution in [3.63, 3.8) is 0 Å². The fourth-order valence-corrected chi connectivity index (χ4v) is 7.80. The van der Waals surface area contributed by atoms with Crippen LogP contribution in [-0.2, 0) is 4.74 Å². The largest absolute Gasteiger partial charge is 0.394 e. The minimum Gasteiger partial charge on any atom is -0.394 e. The first-order valence-corrected chi connectivity index (χ1v) is 10.1. The fourth-order valence-electron chi connectivity index (χ4n) is 7.80. The topological polar surface area (TPSA) is 53.0 Å². The van der Waals surface area contributed by atoms with Gasteiger partial charge in [-0.2, -0.15) is 0 Å². The average molecular weight is 332 g/mol. The second-order valence-corrected chi connectivity index (χ2v) is 9.83. The zero-order chi connectivity index (χ0) is 16.7. The van der Waals surface area contributed by atoms with Crippen molar-refractivity contribution in [2.24, 2.45) is 28.6 Å². The molecule has 5 aliphatic rings. The molecule has 0 aromatic carbocycles. The van der Waals surface area contributed by atoms with E-state index in [2.05, 4.69) is 19.9 Å². The number of aliphatic hydroxyl groups excluding tert-OH is 2. The summed E-state index contributed by atoms with van der Waals surface area (Å²) in [5.74, 6) is 2.30. The van der Waals surface area contributed by atoms with Gasteiger partial charge >= 0.3 is 0 Å². The van der Waals surface area contributed by atoms with Crippen molar-refractivity contribution in [3.05, 3.63) is 11.6 Å². The van der Waals surface area contributed by atoms with Gasteiger partial charge in [0.15, 0.2) is 0 Å². The lowest BCUT2D eigenvalue weighted by Crippen LogP contribution is -2.52. The minimum atomic E-state index is -0.116. The average Bonchev–Trinajstić information content (AvgIpc) is 3.21. The van der Waals surface area contributed by atoms with Crippen LogP contribution in [0.4, 0.5) is 0 Å². The van der Waals surface area contributed by atoms with Gasteiger partial charge in [0, 0.05) is 5.41 Å². The SMILES string of the molecule is C[C@]12CC[C@H](O)CC1=CC[C@@H]1[C@@H]2CC[C@@]2(C)[C@H]1CC[C@@]21O[C@H]1CO. The maximum Gasteiger partial charge on any atom is 0.111 e. The van der Waals surface area contributed by atoms with Crippen molar-refractivity contribution in [3.8, 4) is 0 Å². The van der Waals surface area contributed by atoms with Crippen LogP contribution in [0.15, 0.2) is 11.6 Å². The van der Waals surface area contributed by atoms with Crippen molar-refractivity contribution in [2.45, 2.75) is 83.0 Å². The van der Waals surface area contributed by atoms with Gasteiger partial charge in [0.2, 0.25) is 0 Å². The van der Waals surface area contributed by atoms with Gasteiger partial charge in [-0.05, 0) is 74.5 Å². The first-order chi connectivity index (χ1) is 11.4. The highest BCUT2D eigenvalue weighted by molar-refractivity contribution is 5.28. The molecule has 1 saturated heterocycles. The van der Waals surface area contributed by atoms with Gasteiger partial charge in [-0.15, -0.1) is 0 Å². The second-order valence-electron chi connectivity index (χ2n) is 9.83. The quantitative estimate of drug-likeness (QED) is 0.571. The van der Waals surface area contributed by atoms with Crippen LogP contribution in [0.5, 0.6) is 0 Å². The number of epoxide rings is 1. The number of ether oxygens (including phenoxy) is 1. The Morgan fingerprint density at radius 2 is 1.92 bits per heavy atom. The smallest absolute Gasteiger partial charge is 0.111 e. The molecule has 4 fully saturated rings. The summed E-state index contributed by atoms with van der Waals surface area (Å²) in [7, 11) is 0. The van der Waals surface area contributed by atoms with Gasteiger partial charge in [0.25, 0.3) is 0 Å². The highest BCUT2D eigenvalue weighted by atomic mass is 16.6. The van der Waals surface area contributed by atoms with Crippen molar-refractivity contribution >= 4 is 0 Å². The van der Waals surface area contributed by atoms with Crippen molar-refractivity contribution in [1.29, 1.82) is 0 Å². The molecule has 134 valence electrons. The standard InChI is InChI=1S/C21H32O3/c1-19-8-5-14(23)11-13(19)3-4-15-16(19)6-9-20(2)17(15)7-10-21(20)18(12-22)24-21/h3,14-18,22-23H,4-12H2,1-2H3/t14-,15+,16-,17-,18-,19-,20-,21-/m0/s1. The molecular weight excluding hydrogens is 300 g/mol. The lowest BCUT2D eigenvalue weighted by atomic mass is 9.47. The van der Waals surface area contributed by atoms with Crippen LogP contribution < -0.4 is 0 Å². The normalized spacial score (nSPS) is 58.7. The highest BCUT2D eigenvalue weighted by Gasteiger charge is 2.74. The van der Waals surface area contributed by atoms with Crippen LogP contribution >= 0.6 is 0 Å². The third-order valence-electron chi connectivity index (χ3n) is 9.24. The molecule has 0 radical (unpaired) electrons. The summed E-state index contributed by atoms with van der Waals surface area (Å²) >= 11 is 0. The molecule has 8 atom stereocenters. The summed E-state index contributed by atoms with van der Waals surface area (Å²) in [6.45, 7) is 5.14. The van der Waals surface area contributed by atoms with E-state index in [9.17, 15) is 10.2 Å². The van der Waals surface area contributed by atoms with Crippen LogP contribution in [0.25, 0.3) is 0 Å². The molecular formula is C21H32O3. The van der Waals surface area contributed by atoms with E-state index in [1.807, 2.05) is 0 Å². The monoisotopic (exact) mass is 332 g/mol. The Labute approximate surface area is 145 Å². The maximum atomic E-state index is 10.1. The predicted molar refractivity (Wildman–Crippen MR) is 92.4 cm³/mol. The van der Waals surface area contributed by atoms with E-state index >= 15 is 0 Å². The van der Waals surface area contributed by atoms with E-state index in [4.69, 9.17) is 4.74 Å². The van der Waals surface area contributed by atoms with Gasteiger partial charge in [0.1, 0.15) is 11.7 Å². The van der Waals surface area contributed by atoms with Crippen LogP contribution in [-0.4, -0.2) is 34.6 Å². The van der Waals surface area contributed by atoms with Crippen molar-refractivity contribution < 1.29 is 14.9 Å². The Bertz CT molecular complexity index is 586. The second kappa shape index (κ2) is 4.86. The molecule has 4 aliphatic carbocycles. The van der Waals surface area contributed by atoms with E-state index in [1.165, 1.54) is 25.7 Å². The van der Waals surface area contributed by atoms with E-state index in [0.29, 0.717) is 5.41 Å². The summed E-state index contributed by atoms with van der Waals surface area (Å²) in [4.78, 5) is 0. The first-order valence-electron chi connectivity index (χ1n) is 10.1. The lowest BCUT2D eigenvalue weighted by molar-refractivity contribution is -0.0558. The van der Waals surface area contributed by atoms with Crippen LogP contribution in [0.1, 0.15) is 65.2 Å². The molecule has 0 aromatic rings. The van der Waals surface area contributed by atoms with Crippen molar-refractivity contribution in [2.75, 3.05) is 6.61 Å². The molecule has 0 aromatic heterocycles. The van der Waals surface area contributed by atoms with Gasteiger partial charge in [-0.1, -0.05) is 25.5 Å². The number of hydrogen-bond acceptors (Lipinski definition) is 3. The number of fused-ring (bicyclic) bond motifs is 6. The molecule has 0 bridgehead atoms. The molecule has 0 unspecified atom stereocenters. The van der Waals surface area contributed by atoms with Gasteiger partial charge in [-0.25, -0.2) is 0 Å². The Kier molecular flexibility index (Phi) is 3.21. The van der Waals surface area contributed by atoms with Crippen LogP contribution in [0.2, 0.25) is 0 Å².